The number of benzene rings is 2. The molecule has 0 saturated heterocycles. The molecule has 1 nitrogen and oxygen atoms in total. The third kappa shape index (κ3) is 3.14. The van der Waals surface area contributed by atoms with E-state index in [4.69, 9.17) is 17.3 Å². The Morgan fingerprint density at radius 1 is 1.22 bits per heavy atom. The van der Waals surface area contributed by atoms with Crippen LogP contribution in [0.3, 0.4) is 0 Å². The molecule has 0 saturated carbocycles. The Labute approximate surface area is 121 Å². The van der Waals surface area contributed by atoms with Gasteiger partial charge in [0.15, 0.2) is 0 Å². The Kier molecular flexibility index (Phi) is 4.44. The van der Waals surface area contributed by atoms with Crippen LogP contribution in [-0.2, 0) is 6.42 Å². The number of hydrogen-bond donors (Lipinski definition) is 1. The summed E-state index contributed by atoms with van der Waals surface area (Å²) < 4.78 is 1.10. The molecule has 2 N–H and O–H groups in total. The summed E-state index contributed by atoms with van der Waals surface area (Å²) in [5.74, 6) is 0. The van der Waals surface area contributed by atoms with E-state index in [0.29, 0.717) is 0 Å². The Hall–Kier alpha value is -0.830. The summed E-state index contributed by atoms with van der Waals surface area (Å²) in [6.45, 7) is 2.07. The minimum atomic E-state index is -0.0299. The van der Waals surface area contributed by atoms with Gasteiger partial charge in [-0.25, -0.2) is 0 Å². The van der Waals surface area contributed by atoms with Gasteiger partial charge in [-0.2, -0.15) is 0 Å². The summed E-state index contributed by atoms with van der Waals surface area (Å²) >= 11 is 9.58. The number of aryl methyl sites for hydroxylation is 1. The zero-order valence-electron chi connectivity index (χ0n) is 10.2. The molecule has 18 heavy (non-hydrogen) atoms. The van der Waals surface area contributed by atoms with E-state index in [1.165, 1.54) is 5.56 Å². The molecule has 0 amide bonds. The molecule has 0 aliphatic heterocycles. The van der Waals surface area contributed by atoms with Crippen LogP contribution in [0.2, 0.25) is 5.02 Å². The lowest BCUT2D eigenvalue weighted by atomic mass is 9.98. The first kappa shape index (κ1) is 13.6. The van der Waals surface area contributed by atoms with Crippen molar-refractivity contribution in [2.24, 2.45) is 5.73 Å². The van der Waals surface area contributed by atoms with Crippen molar-refractivity contribution in [1.82, 2.24) is 0 Å². The van der Waals surface area contributed by atoms with Crippen LogP contribution < -0.4 is 5.73 Å². The Bertz CT molecular complexity index is 554. The Morgan fingerprint density at radius 3 is 2.67 bits per heavy atom. The van der Waals surface area contributed by atoms with Crippen LogP contribution in [0.4, 0.5) is 0 Å². The molecule has 2 aromatic carbocycles. The third-order valence-electron chi connectivity index (χ3n) is 2.97. The van der Waals surface area contributed by atoms with Gasteiger partial charge in [0.2, 0.25) is 0 Å². The predicted octanol–water partition coefficient (Wildman–Crippen LogP) is 4.65. The highest BCUT2D eigenvalue weighted by atomic mass is 79.9. The fourth-order valence-electron chi connectivity index (χ4n) is 1.98. The molecule has 0 aliphatic carbocycles. The van der Waals surface area contributed by atoms with Crippen LogP contribution in [0.5, 0.6) is 0 Å². The third-order valence-corrected chi connectivity index (χ3v) is 4.28. The van der Waals surface area contributed by atoms with Gasteiger partial charge in [0.25, 0.3) is 0 Å². The van der Waals surface area contributed by atoms with Gasteiger partial charge in [0.1, 0.15) is 0 Å². The second kappa shape index (κ2) is 5.87. The average Bonchev–Trinajstić information content (AvgIpc) is 2.32. The lowest BCUT2D eigenvalue weighted by Crippen LogP contribution is -2.14. The highest BCUT2D eigenvalue weighted by molar-refractivity contribution is 9.10. The molecule has 3 heteroatoms. The zero-order valence-corrected chi connectivity index (χ0v) is 12.5. The molecule has 0 aliphatic rings. The fraction of sp³-hybridized carbons (Fsp3) is 0.200. The van der Waals surface area contributed by atoms with E-state index >= 15 is 0 Å². The van der Waals surface area contributed by atoms with Gasteiger partial charge in [0.05, 0.1) is 0 Å². The zero-order chi connectivity index (χ0) is 13.1. The molecule has 0 radical (unpaired) electrons. The average molecular weight is 325 g/mol. The number of hydrogen-bond acceptors (Lipinski definition) is 1. The molecule has 0 aromatic heterocycles. The van der Waals surface area contributed by atoms with Crippen LogP contribution in [0.1, 0.15) is 22.7 Å². The minimum Gasteiger partial charge on any atom is -0.324 e. The van der Waals surface area contributed by atoms with E-state index in [1.807, 2.05) is 24.3 Å². The largest absolute Gasteiger partial charge is 0.324 e. The van der Waals surface area contributed by atoms with E-state index in [1.54, 1.807) is 0 Å². The van der Waals surface area contributed by atoms with Crippen molar-refractivity contribution in [3.05, 3.63) is 68.7 Å². The second-order valence-electron chi connectivity index (χ2n) is 4.42. The summed E-state index contributed by atoms with van der Waals surface area (Å²) in [6.07, 6.45) is 0.780. The second-order valence-corrected chi connectivity index (χ2v) is 5.65. The molecule has 2 aromatic rings. The van der Waals surface area contributed by atoms with E-state index in [9.17, 15) is 0 Å². The highest BCUT2D eigenvalue weighted by Gasteiger charge is 2.11. The van der Waals surface area contributed by atoms with Crippen molar-refractivity contribution in [2.75, 3.05) is 0 Å². The van der Waals surface area contributed by atoms with Gasteiger partial charge < -0.3 is 5.73 Å². The first-order valence-corrected chi connectivity index (χ1v) is 7.00. The standard InChI is InChI=1S/C15H15BrClN/c1-10-4-2-7-13(15(10)16)14(18)9-11-5-3-6-12(17)8-11/h2-8,14H,9,18H2,1H3. The van der Waals surface area contributed by atoms with E-state index in [2.05, 4.69) is 41.1 Å². The summed E-state index contributed by atoms with van der Waals surface area (Å²) in [5.41, 5.74) is 9.77. The van der Waals surface area contributed by atoms with Crippen LogP contribution >= 0.6 is 27.5 Å². The van der Waals surface area contributed by atoms with Crippen molar-refractivity contribution in [2.45, 2.75) is 19.4 Å². The molecule has 94 valence electrons. The quantitative estimate of drug-likeness (QED) is 0.873. The molecular weight excluding hydrogens is 310 g/mol. The molecule has 0 heterocycles. The molecule has 0 spiro atoms. The van der Waals surface area contributed by atoms with Crippen molar-refractivity contribution in [3.8, 4) is 0 Å². The van der Waals surface area contributed by atoms with Gasteiger partial charge >= 0.3 is 0 Å². The molecule has 2 rings (SSSR count). The number of halogens is 2. The summed E-state index contributed by atoms with van der Waals surface area (Å²) in [6, 6.07) is 14.0. The van der Waals surface area contributed by atoms with Gasteiger partial charge in [-0.1, -0.05) is 57.9 Å². The van der Waals surface area contributed by atoms with Crippen LogP contribution in [-0.4, -0.2) is 0 Å². The maximum absolute atomic E-state index is 6.27. The minimum absolute atomic E-state index is 0.0299. The van der Waals surface area contributed by atoms with Gasteiger partial charge in [0, 0.05) is 15.5 Å². The normalized spacial score (nSPS) is 12.4. The molecule has 1 atom stereocenters. The van der Waals surface area contributed by atoms with Gasteiger partial charge in [-0.15, -0.1) is 0 Å². The van der Waals surface area contributed by atoms with Crippen molar-refractivity contribution in [3.63, 3.8) is 0 Å². The van der Waals surface area contributed by atoms with Crippen LogP contribution in [0.25, 0.3) is 0 Å². The molecule has 0 bridgehead atoms. The van der Waals surface area contributed by atoms with E-state index in [-0.39, 0.29) is 6.04 Å². The first-order chi connectivity index (χ1) is 8.58. The summed E-state index contributed by atoms with van der Waals surface area (Å²) in [4.78, 5) is 0. The monoisotopic (exact) mass is 323 g/mol. The number of nitrogens with two attached hydrogens (primary N) is 1. The van der Waals surface area contributed by atoms with Gasteiger partial charge in [-0.3, -0.25) is 0 Å². The fourth-order valence-corrected chi connectivity index (χ4v) is 2.76. The highest BCUT2D eigenvalue weighted by Crippen LogP contribution is 2.27. The van der Waals surface area contributed by atoms with Crippen LogP contribution in [0.15, 0.2) is 46.9 Å². The SMILES string of the molecule is Cc1cccc(C(N)Cc2cccc(Cl)c2)c1Br. The molecule has 1 unspecified atom stereocenters. The Balaban J connectivity index is 2.22. The lowest BCUT2D eigenvalue weighted by Gasteiger charge is -2.15. The van der Waals surface area contributed by atoms with E-state index in [0.717, 1.165) is 27.0 Å². The predicted molar refractivity (Wildman–Crippen MR) is 81.0 cm³/mol. The first-order valence-electron chi connectivity index (χ1n) is 5.83. The maximum Gasteiger partial charge on any atom is 0.0408 e. The molecular formula is C15H15BrClN. The maximum atomic E-state index is 6.27. The lowest BCUT2D eigenvalue weighted by molar-refractivity contribution is 0.717. The number of rotatable bonds is 3. The van der Waals surface area contributed by atoms with E-state index < -0.39 is 0 Å². The summed E-state index contributed by atoms with van der Waals surface area (Å²) in [7, 11) is 0. The van der Waals surface area contributed by atoms with Crippen LogP contribution in [0, 0.1) is 6.92 Å². The summed E-state index contributed by atoms with van der Waals surface area (Å²) in [5, 5.41) is 0.753. The van der Waals surface area contributed by atoms with Crippen molar-refractivity contribution in [1.29, 1.82) is 0 Å². The molecule has 0 fully saturated rings. The van der Waals surface area contributed by atoms with Crippen molar-refractivity contribution < 1.29 is 0 Å². The van der Waals surface area contributed by atoms with Crippen molar-refractivity contribution >= 4 is 27.5 Å². The van der Waals surface area contributed by atoms with Gasteiger partial charge in [-0.05, 0) is 42.2 Å². The smallest absolute Gasteiger partial charge is 0.0408 e. The Morgan fingerprint density at radius 2 is 1.94 bits per heavy atom. The topological polar surface area (TPSA) is 26.0 Å².